The molecule has 2 rings (SSSR count). The van der Waals surface area contributed by atoms with Crippen LogP contribution in [0.15, 0.2) is 36.4 Å². The number of aliphatic hydroxyl groups excluding tert-OH is 1. The van der Waals surface area contributed by atoms with E-state index in [1.165, 1.54) is 18.2 Å². The molecule has 5 nitrogen and oxygen atoms in total. The molecule has 20 heavy (non-hydrogen) atoms. The van der Waals surface area contributed by atoms with Gasteiger partial charge in [0.05, 0.1) is 16.6 Å². The first-order chi connectivity index (χ1) is 9.51. The summed E-state index contributed by atoms with van der Waals surface area (Å²) in [4.78, 5) is 10.1. The van der Waals surface area contributed by atoms with Crippen molar-refractivity contribution in [3.8, 4) is 11.5 Å². The summed E-state index contributed by atoms with van der Waals surface area (Å²) in [5, 5.41) is 19.9. The minimum atomic E-state index is -0.518. The number of nitrogens with zero attached hydrogens (tertiary/aromatic N) is 1. The molecule has 0 aliphatic rings. The first-order valence-corrected chi connectivity index (χ1v) is 6.21. The van der Waals surface area contributed by atoms with Crippen LogP contribution in [0.5, 0.6) is 11.5 Å². The van der Waals surface area contributed by atoms with Gasteiger partial charge in [0.1, 0.15) is 11.5 Å². The molecule has 104 valence electrons. The maximum Gasteiger partial charge on any atom is 0.271 e. The van der Waals surface area contributed by atoms with E-state index in [2.05, 4.69) is 0 Å². The van der Waals surface area contributed by atoms with Gasteiger partial charge in [-0.25, -0.2) is 0 Å². The highest BCUT2D eigenvalue weighted by molar-refractivity contribution is 6.32. The Bertz CT molecular complexity index is 658. The number of aryl methyl sites for hydroxylation is 1. The topological polar surface area (TPSA) is 72.6 Å². The molecule has 2 aromatic carbocycles. The van der Waals surface area contributed by atoms with Crippen LogP contribution in [-0.4, -0.2) is 10.0 Å². The first kappa shape index (κ1) is 14.3. The number of rotatable bonds is 4. The molecule has 0 aromatic heterocycles. The van der Waals surface area contributed by atoms with Crippen LogP contribution < -0.4 is 4.74 Å². The third-order valence-corrected chi connectivity index (χ3v) is 3.13. The summed E-state index contributed by atoms with van der Waals surface area (Å²) < 4.78 is 5.59. The number of hydrogen-bond acceptors (Lipinski definition) is 4. The number of halogens is 1. The van der Waals surface area contributed by atoms with Gasteiger partial charge in [0.2, 0.25) is 0 Å². The second-order valence-electron chi connectivity index (χ2n) is 4.22. The van der Waals surface area contributed by atoms with Gasteiger partial charge >= 0.3 is 0 Å². The summed E-state index contributed by atoms with van der Waals surface area (Å²) in [6, 6.07) is 9.25. The van der Waals surface area contributed by atoms with E-state index in [0.29, 0.717) is 11.5 Å². The Balaban J connectivity index is 2.26. The molecule has 0 spiro atoms. The van der Waals surface area contributed by atoms with Crippen LogP contribution >= 0.6 is 11.6 Å². The molecule has 0 saturated carbocycles. The Labute approximate surface area is 120 Å². The third kappa shape index (κ3) is 3.07. The minimum absolute atomic E-state index is 0.0373. The van der Waals surface area contributed by atoms with Crippen molar-refractivity contribution in [3.63, 3.8) is 0 Å². The van der Waals surface area contributed by atoms with E-state index >= 15 is 0 Å². The first-order valence-electron chi connectivity index (χ1n) is 5.83. The quantitative estimate of drug-likeness (QED) is 0.686. The van der Waals surface area contributed by atoms with Crippen LogP contribution in [0.1, 0.15) is 11.1 Å². The van der Waals surface area contributed by atoms with Gasteiger partial charge in [-0.3, -0.25) is 10.1 Å². The highest BCUT2D eigenvalue weighted by atomic mass is 35.5. The maximum absolute atomic E-state index is 10.6. The van der Waals surface area contributed by atoms with Crippen molar-refractivity contribution in [2.24, 2.45) is 0 Å². The van der Waals surface area contributed by atoms with Gasteiger partial charge in [-0.05, 0) is 36.2 Å². The van der Waals surface area contributed by atoms with Crippen LogP contribution in [0, 0.1) is 17.0 Å². The van der Waals surface area contributed by atoms with E-state index in [1.54, 1.807) is 18.2 Å². The van der Waals surface area contributed by atoms with E-state index in [-0.39, 0.29) is 17.3 Å². The Morgan fingerprint density at radius 2 is 2.05 bits per heavy atom. The average molecular weight is 294 g/mol. The third-order valence-electron chi connectivity index (χ3n) is 2.84. The molecule has 0 radical (unpaired) electrons. The molecular weight excluding hydrogens is 282 g/mol. The molecule has 0 aliphatic carbocycles. The number of benzene rings is 2. The summed E-state index contributed by atoms with van der Waals surface area (Å²) in [7, 11) is 0. The normalized spacial score (nSPS) is 10.3. The lowest BCUT2D eigenvalue weighted by Crippen LogP contribution is -1.92. The largest absolute Gasteiger partial charge is 0.456 e. The maximum atomic E-state index is 10.6. The van der Waals surface area contributed by atoms with E-state index in [0.717, 1.165) is 11.1 Å². The standard InChI is InChI=1S/C14H12ClNO4/c1-9-6-12(4-2-10(9)8-17)20-14-5-3-11(16(18)19)7-13(14)15/h2-7,17H,8H2,1H3. The molecular formula is C14H12ClNO4. The van der Waals surface area contributed by atoms with Crippen molar-refractivity contribution >= 4 is 17.3 Å². The van der Waals surface area contributed by atoms with Crippen LogP contribution in [-0.2, 0) is 6.61 Å². The lowest BCUT2D eigenvalue weighted by Gasteiger charge is -2.09. The summed E-state index contributed by atoms with van der Waals surface area (Å²) >= 11 is 5.95. The highest BCUT2D eigenvalue weighted by Gasteiger charge is 2.11. The van der Waals surface area contributed by atoms with Gasteiger partial charge in [-0.2, -0.15) is 0 Å². The molecule has 0 unspecified atom stereocenters. The molecule has 0 heterocycles. The minimum Gasteiger partial charge on any atom is -0.456 e. The lowest BCUT2D eigenvalue weighted by molar-refractivity contribution is -0.384. The summed E-state index contributed by atoms with van der Waals surface area (Å²) in [5.74, 6) is 0.892. The predicted molar refractivity (Wildman–Crippen MR) is 75.3 cm³/mol. The molecule has 0 aliphatic heterocycles. The van der Waals surface area contributed by atoms with Crippen LogP contribution in [0.3, 0.4) is 0 Å². The fourth-order valence-electron chi connectivity index (χ4n) is 1.72. The molecule has 6 heteroatoms. The number of aliphatic hydroxyl groups is 1. The van der Waals surface area contributed by atoms with Crippen molar-refractivity contribution in [2.75, 3.05) is 0 Å². The Morgan fingerprint density at radius 3 is 2.60 bits per heavy atom. The summed E-state index contributed by atoms with van der Waals surface area (Å²) in [5.41, 5.74) is 1.62. The van der Waals surface area contributed by atoms with E-state index in [9.17, 15) is 10.1 Å². The molecule has 0 atom stereocenters. The molecule has 1 N–H and O–H groups in total. The fraction of sp³-hybridized carbons (Fsp3) is 0.143. The van der Waals surface area contributed by atoms with E-state index in [4.69, 9.17) is 21.4 Å². The van der Waals surface area contributed by atoms with Crippen molar-refractivity contribution in [3.05, 3.63) is 62.7 Å². The smallest absolute Gasteiger partial charge is 0.271 e. The number of hydrogen-bond donors (Lipinski definition) is 1. The van der Waals surface area contributed by atoms with Gasteiger partial charge in [0.15, 0.2) is 0 Å². The highest BCUT2D eigenvalue weighted by Crippen LogP contribution is 2.32. The van der Waals surface area contributed by atoms with Gasteiger partial charge in [-0.15, -0.1) is 0 Å². The van der Waals surface area contributed by atoms with E-state index in [1.807, 2.05) is 6.92 Å². The van der Waals surface area contributed by atoms with Crippen molar-refractivity contribution in [1.29, 1.82) is 0 Å². The summed E-state index contributed by atoms with van der Waals surface area (Å²) in [6.45, 7) is 1.82. The van der Waals surface area contributed by atoms with Crippen molar-refractivity contribution in [1.82, 2.24) is 0 Å². The second-order valence-corrected chi connectivity index (χ2v) is 4.63. The number of ether oxygens (including phenoxy) is 1. The zero-order chi connectivity index (χ0) is 14.7. The second kappa shape index (κ2) is 5.90. The Hall–Kier alpha value is -2.11. The summed E-state index contributed by atoms with van der Waals surface area (Å²) in [6.07, 6.45) is 0. The number of nitro benzene ring substituents is 1. The SMILES string of the molecule is Cc1cc(Oc2ccc([N+](=O)[O-])cc2Cl)ccc1CO. The van der Waals surface area contributed by atoms with Crippen molar-refractivity contribution < 1.29 is 14.8 Å². The molecule has 0 bridgehead atoms. The van der Waals surface area contributed by atoms with Gasteiger partial charge in [-0.1, -0.05) is 17.7 Å². The zero-order valence-corrected chi connectivity index (χ0v) is 11.4. The lowest BCUT2D eigenvalue weighted by atomic mass is 10.1. The monoisotopic (exact) mass is 293 g/mol. The van der Waals surface area contributed by atoms with E-state index < -0.39 is 4.92 Å². The molecule has 0 saturated heterocycles. The number of nitro groups is 1. The van der Waals surface area contributed by atoms with Gasteiger partial charge in [0.25, 0.3) is 5.69 Å². The predicted octanol–water partition coefficient (Wildman–Crippen LogP) is 3.84. The Kier molecular flexibility index (Phi) is 4.22. The fourth-order valence-corrected chi connectivity index (χ4v) is 1.94. The van der Waals surface area contributed by atoms with Gasteiger partial charge in [0, 0.05) is 12.1 Å². The van der Waals surface area contributed by atoms with Crippen LogP contribution in [0.4, 0.5) is 5.69 Å². The van der Waals surface area contributed by atoms with Crippen LogP contribution in [0.2, 0.25) is 5.02 Å². The molecule has 2 aromatic rings. The average Bonchev–Trinajstić information content (AvgIpc) is 2.41. The zero-order valence-electron chi connectivity index (χ0n) is 10.7. The van der Waals surface area contributed by atoms with Crippen LogP contribution in [0.25, 0.3) is 0 Å². The van der Waals surface area contributed by atoms with Crippen molar-refractivity contribution in [2.45, 2.75) is 13.5 Å². The van der Waals surface area contributed by atoms with Gasteiger partial charge < -0.3 is 9.84 Å². The molecule has 0 fully saturated rings. The Morgan fingerprint density at radius 1 is 1.30 bits per heavy atom. The number of non-ortho nitro benzene ring substituents is 1. The molecule has 0 amide bonds.